The highest BCUT2D eigenvalue weighted by atomic mass is 32.1. The molecule has 114 valence electrons. The molecule has 7 nitrogen and oxygen atoms in total. The van der Waals surface area contributed by atoms with Gasteiger partial charge in [-0.1, -0.05) is 19.9 Å². The number of nitrogens with zero attached hydrogens (tertiary/aromatic N) is 3. The molecule has 0 unspecified atom stereocenters. The van der Waals surface area contributed by atoms with Gasteiger partial charge in [-0.05, 0) is 18.4 Å². The van der Waals surface area contributed by atoms with Crippen molar-refractivity contribution in [1.82, 2.24) is 15.0 Å². The molecule has 0 spiro atoms. The summed E-state index contributed by atoms with van der Waals surface area (Å²) in [6.07, 6.45) is 0. The number of nitrogens with one attached hydrogen (secondary N) is 2. The highest BCUT2D eigenvalue weighted by Crippen LogP contribution is 2.27. The molecule has 2 aromatic heterocycles. The van der Waals surface area contributed by atoms with Gasteiger partial charge in [0.1, 0.15) is 0 Å². The van der Waals surface area contributed by atoms with Crippen LogP contribution in [0.3, 0.4) is 0 Å². The first kappa shape index (κ1) is 15.5. The van der Waals surface area contributed by atoms with Crippen LogP contribution in [0.4, 0.5) is 11.9 Å². The van der Waals surface area contributed by atoms with E-state index in [2.05, 4.69) is 51.0 Å². The molecule has 0 bridgehead atoms. The summed E-state index contributed by atoms with van der Waals surface area (Å²) in [5.74, 6) is 6.06. The number of aromatic nitrogens is 3. The monoisotopic (exact) mass is 308 g/mol. The average molecular weight is 308 g/mol. The fraction of sp³-hybridized carbons (Fsp3) is 0.462. The van der Waals surface area contributed by atoms with Crippen LogP contribution in [0.1, 0.15) is 25.6 Å². The number of hydrazine groups is 1. The van der Waals surface area contributed by atoms with Gasteiger partial charge in [0.2, 0.25) is 11.9 Å². The van der Waals surface area contributed by atoms with Gasteiger partial charge in [0, 0.05) is 16.8 Å². The molecule has 0 aliphatic heterocycles. The topological polar surface area (TPSA) is 98.0 Å². The van der Waals surface area contributed by atoms with Crippen molar-refractivity contribution < 1.29 is 4.74 Å². The van der Waals surface area contributed by atoms with E-state index in [1.54, 1.807) is 11.3 Å². The fourth-order valence-electron chi connectivity index (χ4n) is 1.74. The van der Waals surface area contributed by atoms with Crippen LogP contribution in [0, 0.1) is 0 Å². The van der Waals surface area contributed by atoms with Gasteiger partial charge in [-0.2, -0.15) is 15.0 Å². The van der Waals surface area contributed by atoms with E-state index in [1.807, 2.05) is 13.0 Å². The Balaban J connectivity index is 2.10. The first-order valence-electron chi connectivity index (χ1n) is 6.68. The highest BCUT2D eigenvalue weighted by Gasteiger charge is 2.22. The second-order valence-electron chi connectivity index (χ2n) is 5.06. The van der Waals surface area contributed by atoms with Crippen molar-refractivity contribution in [2.75, 3.05) is 23.9 Å². The summed E-state index contributed by atoms with van der Waals surface area (Å²) in [6, 6.07) is 4.42. The maximum atomic E-state index is 5.36. The van der Waals surface area contributed by atoms with Crippen molar-refractivity contribution in [2.24, 2.45) is 5.84 Å². The molecule has 0 saturated carbocycles. The Morgan fingerprint density at radius 3 is 2.67 bits per heavy atom. The van der Waals surface area contributed by atoms with E-state index in [0.717, 1.165) is 0 Å². The van der Waals surface area contributed by atoms with E-state index in [1.165, 1.54) is 4.88 Å². The molecule has 0 aliphatic rings. The quantitative estimate of drug-likeness (QED) is 0.531. The Morgan fingerprint density at radius 1 is 1.29 bits per heavy atom. The summed E-state index contributed by atoms with van der Waals surface area (Å²) in [5, 5.41) is 5.29. The molecule has 0 atom stereocenters. The Kier molecular flexibility index (Phi) is 4.92. The van der Waals surface area contributed by atoms with Gasteiger partial charge < -0.3 is 10.1 Å². The minimum atomic E-state index is -0.0249. The van der Waals surface area contributed by atoms with Gasteiger partial charge in [0.05, 0.1) is 6.61 Å². The number of hydrogen-bond acceptors (Lipinski definition) is 8. The molecule has 0 saturated heterocycles. The number of hydrogen-bond donors (Lipinski definition) is 3. The minimum Gasteiger partial charge on any atom is -0.464 e. The molecule has 2 aromatic rings. The first-order chi connectivity index (χ1) is 10.0. The third-order valence-corrected chi connectivity index (χ3v) is 4.13. The van der Waals surface area contributed by atoms with Crippen LogP contribution >= 0.6 is 11.3 Å². The largest absolute Gasteiger partial charge is 0.464 e. The lowest BCUT2D eigenvalue weighted by Crippen LogP contribution is -2.27. The predicted octanol–water partition coefficient (Wildman–Crippen LogP) is 2.01. The second kappa shape index (κ2) is 6.68. The van der Waals surface area contributed by atoms with E-state index in [0.29, 0.717) is 19.1 Å². The minimum absolute atomic E-state index is 0.0249. The number of anilines is 2. The molecular formula is C13H20N6OS. The van der Waals surface area contributed by atoms with Crippen LogP contribution in [0.15, 0.2) is 17.5 Å². The molecular weight excluding hydrogens is 288 g/mol. The molecule has 0 radical (unpaired) electrons. The van der Waals surface area contributed by atoms with Gasteiger partial charge in [-0.25, -0.2) is 5.84 Å². The van der Waals surface area contributed by atoms with Gasteiger partial charge >= 0.3 is 6.01 Å². The smallest absolute Gasteiger partial charge is 0.323 e. The number of nitrogens with two attached hydrogens (primary N) is 1. The molecule has 2 heterocycles. The first-order valence-corrected chi connectivity index (χ1v) is 7.56. The lowest BCUT2D eigenvalue weighted by molar-refractivity contribution is 0.312. The zero-order valence-electron chi connectivity index (χ0n) is 12.4. The molecule has 2 rings (SSSR count). The van der Waals surface area contributed by atoms with Gasteiger partial charge in [-0.3, -0.25) is 5.43 Å². The summed E-state index contributed by atoms with van der Waals surface area (Å²) in [7, 11) is 0. The van der Waals surface area contributed by atoms with Crippen LogP contribution in [-0.2, 0) is 5.41 Å². The van der Waals surface area contributed by atoms with Gasteiger partial charge in [0.15, 0.2) is 0 Å². The lowest BCUT2D eigenvalue weighted by Gasteiger charge is -2.23. The summed E-state index contributed by atoms with van der Waals surface area (Å²) in [5.41, 5.74) is 2.39. The predicted molar refractivity (Wildman–Crippen MR) is 84.6 cm³/mol. The van der Waals surface area contributed by atoms with Crippen LogP contribution in [0.5, 0.6) is 6.01 Å². The van der Waals surface area contributed by atoms with Crippen LogP contribution in [-0.4, -0.2) is 28.1 Å². The number of ether oxygens (including phenoxy) is 1. The molecule has 0 aromatic carbocycles. The van der Waals surface area contributed by atoms with Crippen LogP contribution in [0.2, 0.25) is 0 Å². The summed E-state index contributed by atoms with van der Waals surface area (Å²) in [6.45, 7) is 7.37. The third-order valence-electron chi connectivity index (χ3n) is 2.89. The van der Waals surface area contributed by atoms with Crippen molar-refractivity contribution in [3.05, 3.63) is 22.4 Å². The summed E-state index contributed by atoms with van der Waals surface area (Å²) in [4.78, 5) is 13.7. The van der Waals surface area contributed by atoms with Crippen LogP contribution in [0.25, 0.3) is 0 Å². The van der Waals surface area contributed by atoms with Gasteiger partial charge in [0.25, 0.3) is 0 Å². The highest BCUT2D eigenvalue weighted by molar-refractivity contribution is 7.10. The van der Waals surface area contributed by atoms with E-state index >= 15 is 0 Å². The molecule has 0 aliphatic carbocycles. The third kappa shape index (κ3) is 4.02. The van der Waals surface area contributed by atoms with Crippen molar-refractivity contribution in [3.8, 4) is 6.01 Å². The summed E-state index contributed by atoms with van der Waals surface area (Å²) >= 11 is 1.73. The second-order valence-corrected chi connectivity index (χ2v) is 6.00. The molecule has 4 N–H and O–H groups in total. The van der Waals surface area contributed by atoms with E-state index in [-0.39, 0.29) is 17.4 Å². The standard InChI is InChI=1S/C13H20N6OS/c1-4-20-12-17-10(16-11(18-12)19-14)15-8-13(2,3)9-6-5-7-21-9/h5-7H,4,8,14H2,1-3H3,(H2,15,16,17,18,19). The van der Waals surface area contributed by atoms with Crippen LogP contribution < -0.4 is 21.3 Å². The van der Waals surface area contributed by atoms with E-state index in [9.17, 15) is 0 Å². The van der Waals surface area contributed by atoms with Crippen molar-refractivity contribution in [3.63, 3.8) is 0 Å². The Labute approximate surface area is 128 Å². The average Bonchev–Trinajstić information content (AvgIpc) is 3.00. The Bertz CT molecular complexity index is 572. The maximum absolute atomic E-state index is 5.36. The molecule has 0 fully saturated rings. The van der Waals surface area contributed by atoms with Crippen molar-refractivity contribution >= 4 is 23.2 Å². The lowest BCUT2D eigenvalue weighted by atomic mass is 9.91. The molecule has 21 heavy (non-hydrogen) atoms. The zero-order valence-corrected chi connectivity index (χ0v) is 13.2. The normalized spacial score (nSPS) is 11.2. The number of rotatable bonds is 7. The van der Waals surface area contributed by atoms with Crippen molar-refractivity contribution in [1.29, 1.82) is 0 Å². The molecule has 0 amide bonds. The Hall–Kier alpha value is -1.93. The number of nitrogen functional groups attached to an aromatic ring is 1. The maximum Gasteiger partial charge on any atom is 0.323 e. The number of thiophene rings is 1. The van der Waals surface area contributed by atoms with Gasteiger partial charge in [-0.15, -0.1) is 11.3 Å². The van der Waals surface area contributed by atoms with Crippen molar-refractivity contribution in [2.45, 2.75) is 26.2 Å². The zero-order chi connectivity index (χ0) is 15.3. The SMILES string of the molecule is CCOc1nc(NN)nc(NCC(C)(C)c2cccs2)n1. The summed E-state index contributed by atoms with van der Waals surface area (Å²) < 4.78 is 5.30. The molecule has 8 heteroatoms. The Morgan fingerprint density at radius 2 is 2.05 bits per heavy atom. The van der Waals surface area contributed by atoms with E-state index < -0.39 is 0 Å². The fourth-order valence-corrected chi connectivity index (χ4v) is 2.60. The van der Waals surface area contributed by atoms with E-state index in [4.69, 9.17) is 10.6 Å².